The van der Waals surface area contributed by atoms with Crippen molar-refractivity contribution in [3.63, 3.8) is 0 Å². The summed E-state index contributed by atoms with van der Waals surface area (Å²) in [7, 11) is 3.93. The number of carbonyl (C=O) groups is 1. The van der Waals surface area contributed by atoms with Crippen LogP contribution in [-0.2, 0) is 0 Å². The molecule has 0 spiro atoms. The molecule has 1 N–H and O–H groups in total. The Balaban J connectivity index is 1.67. The Bertz CT molecular complexity index is 987. The van der Waals surface area contributed by atoms with Crippen molar-refractivity contribution in [1.29, 1.82) is 0 Å². The first-order chi connectivity index (χ1) is 12.1. The Morgan fingerprint density at radius 3 is 2.60 bits per heavy atom. The normalized spacial score (nSPS) is 22.7. The molecular formula is C21H18N2O2. The fraction of sp³-hybridized carbons (Fsp3) is 0.190. The van der Waals surface area contributed by atoms with E-state index in [2.05, 4.69) is 0 Å². The van der Waals surface area contributed by atoms with Gasteiger partial charge < -0.3 is 10.0 Å². The van der Waals surface area contributed by atoms with Crippen molar-refractivity contribution in [3.05, 3.63) is 76.9 Å². The second kappa shape index (κ2) is 4.83. The molecule has 4 heteroatoms. The summed E-state index contributed by atoms with van der Waals surface area (Å²) in [6.07, 6.45) is 3.35. The van der Waals surface area contributed by atoms with E-state index in [4.69, 9.17) is 0 Å². The first-order valence-electron chi connectivity index (χ1n) is 8.42. The van der Waals surface area contributed by atoms with Gasteiger partial charge in [-0.2, -0.15) is 0 Å². The summed E-state index contributed by atoms with van der Waals surface area (Å²) in [6.45, 7) is 0. The minimum Gasteiger partial charge on any atom is -0.386 e. The second-order valence-electron chi connectivity index (χ2n) is 6.95. The highest BCUT2D eigenvalue weighted by Gasteiger charge is 2.47. The Labute approximate surface area is 146 Å². The van der Waals surface area contributed by atoms with Crippen molar-refractivity contribution in [2.45, 2.75) is 12.1 Å². The zero-order valence-electron chi connectivity index (χ0n) is 14.1. The van der Waals surface area contributed by atoms with Gasteiger partial charge in [0.15, 0.2) is 0 Å². The zero-order valence-corrected chi connectivity index (χ0v) is 14.1. The van der Waals surface area contributed by atoms with E-state index in [0.29, 0.717) is 5.56 Å². The zero-order chi connectivity index (χ0) is 17.3. The molecule has 2 aliphatic heterocycles. The highest BCUT2D eigenvalue weighted by molar-refractivity contribution is 6.12. The molecule has 124 valence electrons. The average molecular weight is 330 g/mol. The lowest BCUT2D eigenvalue weighted by atomic mass is 9.99. The van der Waals surface area contributed by atoms with E-state index < -0.39 is 6.10 Å². The van der Waals surface area contributed by atoms with Crippen LogP contribution < -0.4 is 4.90 Å². The molecule has 3 aliphatic rings. The van der Waals surface area contributed by atoms with Gasteiger partial charge in [0.05, 0.1) is 17.3 Å². The number of hydrogen-bond donors (Lipinski definition) is 1. The van der Waals surface area contributed by atoms with Crippen molar-refractivity contribution in [1.82, 2.24) is 4.90 Å². The number of anilines is 1. The molecule has 0 saturated heterocycles. The van der Waals surface area contributed by atoms with Gasteiger partial charge in [-0.3, -0.25) is 9.69 Å². The summed E-state index contributed by atoms with van der Waals surface area (Å²) in [6, 6.07) is 13.5. The third-order valence-electron chi connectivity index (χ3n) is 5.41. The molecule has 0 aromatic heterocycles. The summed E-state index contributed by atoms with van der Waals surface area (Å²) in [5.41, 5.74) is 6.46. The van der Waals surface area contributed by atoms with E-state index in [1.54, 1.807) is 4.90 Å². The van der Waals surface area contributed by atoms with E-state index in [9.17, 15) is 9.90 Å². The predicted octanol–water partition coefficient (Wildman–Crippen LogP) is 3.06. The van der Waals surface area contributed by atoms with Crippen LogP contribution in [0.25, 0.3) is 11.3 Å². The van der Waals surface area contributed by atoms with Gasteiger partial charge in [0.25, 0.3) is 5.91 Å². The predicted molar refractivity (Wildman–Crippen MR) is 98.1 cm³/mol. The Morgan fingerprint density at radius 1 is 1.00 bits per heavy atom. The van der Waals surface area contributed by atoms with Crippen LogP contribution in [0.3, 0.4) is 0 Å². The van der Waals surface area contributed by atoms with Gasteiger partial charge in [0.2, 0.25) is 0 Å². The van der Waals surface area contributed by atoms with E-state index in [0.717, 1.165) is 33.6 Å². The largest absolute Gasteiger partial charge is 0.386 e. The maximum absolute atomic E-state index is 13.2. The molecule has 0 fully saturated rings. The van der Waals surface area contributed by atoms with Gasteiger partial charge in [-0.05, 0) is 34.9 Å². The number of benzene rings is 2. The van der Waals surface area contributed by atoms with Crippen molar-refractivity contribution >= 4 is 22.9 Å². The molecule has 5 rings (SSSR count). The standard InChI is InChI=1S/C21H18N2O2/c1-22(2)12-7-8-14-17(11-12)21(25)23-18(14)10-9-15-13-5-3-4-6-16(13)20(24)19(15)23/h3-11,19-20,24H,1-2H3/t19-,20-/m1/s1. The molecule has 0 saturated carbocycles. The molecule has 0 bridgehead atoms. The molecular weight excluding hydrogens is 312 g/mol. The van der Waals surface area contributed by atoms with E-state index in [1.165, 1.54) is 0 Å². The fourth-order valence-electron chi connectivity index (χ4n) is 4.18. The first kappa shape index (κ1) is 14.5. The quantitative estimate of drug-likeness (QED) is 0.874. The van der Waals surface area contributed by atoms with Crippen molar-refractivity contribution in [3.8, 4) is 0 Å². The average Bonchev–Trinajstić information content (AvgIpc) is 3.08. The fourth-order valence-corrected chi connectivity index (χ4v) is 4.18. The number of rotatable bonds is 1. The third-order valence-corrected chi connectivity index (χ3v) is 5.41. The topological polar surface area (TPSA) is 43.8 Å². The SMILES string of the molecule is CN(C)c1ccc2c(c1)C(=O)N1C2=CC=C2c3ccccc3[C@@H](O)[C@@H]21. The molecule has 4 nitrogen and oxygen atoms in total. The summed E-state index contributed by atoms with van der Waals surface area (Å²) in [4.78, 5) is 16.9. The number of aliphatic hydroxyl groups is 1. The maximum atomic E-state index is 13.2. The third kappa shape index (κ3) is 1.77. The summed E-state index contributed by atoms with van der Waals surface area (Å²) >= 11 is 0. The second-order valence-corrected chi connectivity index (χ2v) is 6.95. The number of fused-ring (bicyclic) bond motifs is 7. The van der Waals surface area contributed by atoms with Gasteiger partial charge in [-0.15, -0.1) is 0 Å². The number of amides is 1. The van der Waals surface area contributed by atoms with E-state index in [1.807, 2.05) is 73.6 Å². The van der Waals surface area contributed by atoms with Crippen LogP contribution >= 0.6 is 0 Å². The number of aliphatic hydroxyl groups excluding tert-OH is 1. The van der Waals surface area contributed by atoms with Crippen molar-refractivity contribution < 1.29 is 9.90 Å². The molecule has 1 aliphatic carbocycles. The van der Waals surface area contributed by atoms with Gasteiger partial charge in [0.1, 0.15) is 6.10 Å². The Kier molecular flexibility index (Phi) is 2.80. The summed E-state index contributed by atoms with van der Waals surface area (Å²) in [5, 5.41) is 10.9. The van der Waals surface area contributed by atoms with Gasteiger partial charge in [-0.25, -0.2) is 0 Å². The Hall–Kier alpha value is -2.85. The highest BCUT2D eigenvalue weighted by Crippen LogP contribution is 2.50. The lowest BCUT2D eigenvalue weighted by Gasteiger charge is -2.32. The lowest BCUT2D eigenvalue weighted by molar-refractivity contribution is 0.0689. The molecule has 1 amide bonds. The van der Waals surface area contributed by atoms with Gasteiger partial charge >= 0.3 is 0 Å². The van der Waals surface area contributed by atoms with Crippen LogP contribution in [0.4, 0.5) is 5.69 Å². The minimum atomic E-state index is -0.697. The van der Waals surface area contributed by atoms with Crippen LogP contribution in [0.2, 0.25) is 0 Å². The van der Waals surface area contributed by atoms with Crippen LogP contribution in [0, 0.1) is 0 Å². The van der Waals surface area contributed by atoms with Crippen molar-refractivity contribution in [2.75, 3.05) is 19.0 Å². The first-order valence-corrected chi connectivity index (χ1v) is 8.42. The van der Waals surface area contributed by atoms with Crippen LogP contribution in [0.1, 0.15) is 33.2 Å². The van der Waals surface area contributed by atoms with Gasteiger partial charge in [-0.1, -0.05) is 36.4 Å². The van der Waals surface area contributed by atoms with Crippen LogP contribution in [0.5, 0.6) is 0 Å². The van der Waals surface area contributed by atoms with Crippen molar-refractivity contribution in [2.24, 2.45) is 0 Å². The lowest BCUT2D eigenvalue weighted by Crippen LogP contribution is -2.38. The molecule has 25 heavy (non-hydrogen) atoms. The van der Waals surface area contributed by atoms with E-state index in [-0.39, 0.29) is 11.9 Å². The van der Waals surface area contributed by atoms with Crippen LogP contribution in [-0.4, -0.2) is 36.1 Å². The number of nitrogens with zero attached hydrogens (tertiary/aromatic N) is 2. The summed E-state index contributed by atoms with van der Waals surface area (Å²) in [5.74, 6) is -0.0348. The molecule has 2 aromatic carbocycles. The molecule has 0 unspecified atom stereocenters. The molecule has 2 aromatic rings. The molecule has 2 heterocycles. The molecule has 2 atom stereocenters. The smallest absolute Gasteiger partial charge is 0.259 e. The maximum Gasteiger partial charge on any atom is 0.259 e. The summed E-state index contributed by atoms with van der Waals surface area (Å²) < 4.78 is 0. The molecule has 0 radical (unpaired) electrons. The van der Waals surface area contributed by atoms with Gasteiger partial charge in [0, 0.05) is 25.3 Å². The van der Waals surface area contributed by atoms with Crippen LogP contribution in [0.15, 0.2) is 54.6 Å². The highest BCUT2D eigenvalue weighted by atomic mass is 16.3. The number of carbonyl (C=O) groups excluding carboxylic acids is 1. The monoisotopic (exact) mass is 330 g/mol. The van der Waals surface area contributed by atoms with E-state index >= 15 is 0 Å². The number of allylic oxidation sites excluding steroid dienone is 2. The number of hydrogen-bond acceptors (Lipinski definition) is 3. The Morgan fingerprint density at radius 2 is 1.80 bits per heavy atom. The minimum absolute atomic E-state index is 0.0348.